The number of halogens is 1. The number of esters is 1. The Bertz CT molecular complexity index is 529. The van der Waals surface area contributed by atoms with Crippen molar-refractivity contribution in [1.29, 1.82) is 0 Å². The van der Waals surface area contributed by atoms with Gasteiger partial charge in [0.05, 0.1) is 5.56 Å². The first-order chi connectivity index (χ1) is 8.69. The van der Waals surface area contributed by atoms with Crippen LogP contribution in [0.15, 0.2) is 48.5 Å². The highest BCUT2D eigenvalue weighted by atomic mass is 19.1. The summed E-state index contributed by atoms with van der Waals surface area (Å²) in [6, 6.07) is 12.6. The Labute approximate surface area is 105 Å². The number of aryl methyl sites for hydroxylation is 1. The molecule has 0 atom stereocenters. The average molecular weight is 244 g/mol. The largest absolute Gasteiger partial charge is 0.423 e. The Morgan fingerprint density at radius 2 is 1.67 bits per heavy atom. The number of ether oxygens (including phenoxy) is 1. The quantitative estimate of drug-likeness (QED) is 0.609. The smallest absolute Gasteiger partial charge is 0.343 e. The maximum absolute atomic E-state index is 12.7. The van der Waals surface area contributed by atoms with Crippen LogP contribution in [0.1, 0.15) is 22.8 Å². The van der Waals surface area contributed by atoms with Crippen molar-refractivity contribution in [3.63, 3.8) is 0 Å². The second kappa shape index (κ2) is 5.45. The molecule has 0 amide bonds. The Morgan fingerprint density at radius 1 is 1.06 bits per heavy atom. The van der Waals surface area contributed by atoms with E-state index in [0.717, 1.165) is 6.42 Å². The van der Waals surface area contributed by atoms with Crippen molar-refractivity contribution in [2.75, 3.05) is 0 Å². The maximum Gasteiger partial charge on any atom is 0.343 e. The summed E-state index contributed by atoms with van der Waals surface area (Å²) in [4.78, 5) is 11.7. The van der Waals surface area contributed by atoms with Gasteiger partial charge in [0.2, 0.25) is 0 Å². The molecule has 0 fully saturated rings. The van der Waals surface area contributed by atoms with Crippen molar-refractivity contribution in [3.05, 3.63) is 65.5 Å². The fraction of sp³-hybridized carbons (Fsp3) is 0.133. The molecule has 0 aliphatic heterocycles. The van der Waals surface area contributed by atoms with E-state index in [9.17, 15) is 9.18 Å². The summed E-state index contributed by atoms with van der Waals surface area (Å²) in [6.45, 7) is 2.06. The Kier molecular flexibility index (Phi) is 3.72. The lowest BCUT2D eigenvalue weighted by Crippen LogP contribution is -2.08. The number of hydrogen-bond acceptors (Lipinski definition) is 2. The van der Waals surface area contributed by atoms with E-state index in [-0.39, 0.29) is 5.82 Å². The minimum Gasteiger partial charge on any atom is -0.423 e. The van der Waals surface area contributed by atoms with Gasteiger partial charge < -0.3 is 4.74 Å². The molecule has 2 aromatic carbocycles. The lowest BCUT2D eigenvalue weighted by molar-refractivity contribution is 0.0734. The Balaban J connectivity index is 2.08. The SMILES string of the molecule is CCc1ccc(OC(=O)c2ccc(F)cc2)cc1. The molecule has 2 rings (SSSR count). The van der Waals surface area contributed by atoms with Crippen LogP contribution in [0.3, 0.4) is 0 Å². The van der Waals surface area contributed by atoms with E-state index in [2.05, 4.69) is 6.92 Å². The molecule has 0 bridgehead atoms. The molecule has 0 aliphatic rings. The minimum atomic E-state index is -0.487. The molecule has 0 saturated heterocycles. The lowest BCUT2D eigenvalue weighted by atomic mass is 10.2. The van der Waals surface area contributed by atoms with E-state index < -0.39 is 5.97 Å². The Morgan fingerprint density at radius 3 is 2.22 bits per heavy atom. The molecule has 3 heteroatoms. The van der Waals surface area contributed by atoms with Crippen molar-refractivity contribution in [1.82, 2.24) is 0 Å². The first kappa shape index (κ1) is 12.3. The van der Waals surface area contributed by atoms with Crippen LogP contribution >= 0.6 is 0 Å². The van der Waals surface area contributed by atoms with Crippen LogP contribution in [-0.2, 0) is 6.42 Å². The van der Waals surface area contributed by atoms with E-state index in [4.69, 9.17) is 4.74 Å². The highest BCUT2D eigenvalue weighted by Crippen LogP contribution is 2.14. The third-order valence-electron chi connectivity index (χ3n) is 2.62. The molecule has 0 unspecified atom stereocenters. The highest BCUT2D eigenvalue weighted by Gasteiger charge is 2.08. The predicted molar refractivity (Wildman–Crippen MR) is 67.2 cm³/mol. The van der Waals surface area contributed by atoms with Crippen LogP contribution < -0.4 is 4.74 Å². The van der Waals surface area contributed by atoms with Crippen LogP contribution in [-0.4, -0.2) is 5.97 Å². The molecular weight excluding hydrogens is 231 g/mol. The van der Waals surface area contributed by atoms with Gasteiger partial charge in [-0.2, -0.15) is 0 Å². The summed E-state index contributed by atoms with van der Waals surface area (Å²) in [5, 5.41) is 0. The van der Waals surface area contributed by atoms with Gasteiger partial charge >= 0.3 is 5.97 Å². The van der Waals surface area contributed by atoms with Crippen molar-refractivity contribution in [2.24, 2.45) is 0 Å². The zero-order valence-electron chi connectivity index (χ0n) is 10.0. The van der Waals surface area contributed by atoms with E-state index in [1.807, 2.05) is 12.1 Å². The molecule has 0 radical (unpaired) electrons. The first-order valence-corrected chi connectivity index (χ1v) is 5.75. The van der Waals surface area contributed by atoms with Crippen molar-refractivity contribution < 1.29 is 13.9 Å². The monoisotopic (exact) mass is 244 g/mol. The fourth-order valence-electron chi connectivity index (χ4n) is 1.55. The van der Waals surface area contributed by atoms with Crippen LogP contribution in [0.5, 0.6) is 5.75 Å². The number of hydrogen-bond donors (Lipinski definition) is 0. The highest BCUT2D eigenvalue weighted by molar-refractivity contribution is 5.90. The molecule has 2 nitrogen and oxygen atoms in total. The summed E-state index contributed by atoms with van der Waals surface area (Å²) in [7, 11) is 0. The molecule has 0 aliphatic carbocycles. The lowest BCUT2D eigenvalue weighted by Gasteiger charge is -2.05. The summed E-state index contributed by atoms with van der Waals surface area (Å²) in [5.74, 6) is -0.375. The third-order valence-corrected chi connectivity index (χ3v) is 2.62. The molecule has 0 aromatic heterocycles. The van der Waals surface area contributed by atoms with Gasteiger partial charge in [-0.1, -0.05) is 19.1 Å². The number of benzene rings is 2. The van der Waals surface area contributed by atoms with Gasteiger partial charge in [-0.25, -0.2) is 9.18 Å². The molecule has 18 heavy (non-hydrogen) atoms. The summed E-state index contributed by atoms with van der Waals surface area (Å²) in [5.41, 5.74) is 1.51. The Hall–Kier alpha value is -2.16. The van der Waals surface area contributed by atoms with Gasteiger partial charge in [-0.05, 0) is 48.4 Å². The second-order valence-electron chi connectivity index (χ2n) is 3.89. The molecule has 0 spiro atoms. The normalized spacial score (nSPS) is 10.1. The summed E-state index contributed by atoms with van der Waals surface area (Å²) >= 11 is 0. The topological polar surface area (TPSA) is 26.3 Å². The van der Waals surface area contributed by atoms with Crippen LogP contribution in [0.25, 0.3) is 0 Å². The third kappa shape index (κ3) is 2.94. The summed E-state index contributed by atoms with van der Waals surface area (Å²) < 4.78 is 17.9. The van der Waals surface area contributed by atoms with Gasteiger partial charge in [-0.15, -0.1) is 0 Å². The number of rotatable bonds is 3. The molecule has 0 N–H and O–H groups in total. The van der Waals surface area contributed by atoms with Gasteiger partial charge in [0.25, 0.3) is 0 Å². The van der Waals surface area contributed by atoms with Gasteiger partial charge in [0, 0.05) is 0 Å². The average Bonchev–Trinajstić information content (AvgIpc) is 2.40. The van der Waals surface area contributed by atoms with Crippen LogP contribution in [0.4, 0.5) is 4.39 Å². The van der Waals surface area contributed by atoms with Crippen LogP contribution in [0.2, 0.25) is 0 Å². The van der Waals surface area contributed by atoms with E-state index in [1.54, 1.807) is 12.1 Å². The molecule has 0 heterocycles. The zero-order chi connectivity index (χ0) is 13.0. The number of carbonyl (C=O) groups excluding carboxylic acids is 1. The van der Waals surface area contributed by atoms with Crippen molar-refractivity contribution >= 4 is 5.97 Å². The first-order valence-electron chi connectivity index (χ1n) is 5.75. The van der Waals surface area contributed by atoms with Gasteiger partial charge in [0.1, 0.15) is 11.6 Å². The molecule has 92 valence electrons. The minimum absolute atomic E-state index is 0.330. The van der Waals surface area contributed by atoms with Crippen molar-refractivity contribution in [3.8, 4) is 5.75 Å². The second-order valence-corrected chi connectivity index (χ2v) is 3.89. The van der Waals surface area contributed by atoms with Crippen LogP contribution in [0, 0.1) is 5.82 Å². The van der Waals surface area contributed by atoms with Gasteiger partial charge in [0.15, 0.2) is 0 Å². The summed E-state index contributed by atoms with van der Waals surface area (Å²) in [6.07, 6.45) is 0.937. The maximum atomic E-state index is 12.7. The van der Waals surface area contributed by atoms with Crippen molar-refractivity contribution in [2.45, 2.75) is 13.3 Å². The predicted octanol–water partition coefficient (Wildman–Crippen LogP) is 3.61. The standard InChI is InChI=1S/C15H13FO2/c1-2-11-3-9-14(10-4-11)18-15(17)12-5-7-13(16)8-6-12/h3-10H,2H2,1H3. The molecule has 2 aromatic rings. The molecule has 0 saturated carbocycles. The van der Waals surface area contributed by atoms with E-state index in [0.29, 0.717) is 11.3 Å². The molecular formula is C15H13FO2. The number of carbonyl (C=O) groups is 1. The fourth-order valence-corrected chi connectivity index (χ4v) is 1.55. The van der Waals surface area contributed by atoms with E-state index >= 15 is 0 Å². The van der Waals surface area contributed by atoms with Gasteiger partial charge in [-0.3, -0.25) is 0 Å². The van der Waals surface area contributed by atoms with E-state index in [1.165, 1.54) is 29.8 Å². The zero-order valence-corrected chi connectivity index (χ0v) is 10.0.